The summed E-state index contributed by atoms with van der Waals surface area (Å²) in [6.07, 6.45) is -0.393. The van der Waals surface area contributed by atoms with Gasteiger partial charge in [-0.2, -0.15) is 0 Å². The van der Waals surface area contributed by atoms with Gasteiger partial charge in [0.05, 0.1) is 23.6 Å². The van der Waals surface area contributed by atoms with Crippen LogP contribution in [0.1, 0.15) is 12.7 Å². The molecule has 2 atom stereocenters. The maximum absolute atomic E-state index is 11.8. The summed E-state index contributed by atoms with van der Waals surface area (Å²) in [6.45, 7) is 2.02. The first-order valence-corrected chi connectivity index (χ1v) is 6.06. The number of ether oxygens (including phenoxy) is 1. The van der Waals surface area contributed by atoms with Crippen LogP contribution in [-0.2, 0) is 16.1 Å². The molecule has 1 fully saturated rings. The van der Waals surface area contributed by atoms with Gasteiger partial charge in [-0.15, -0.1) is 0 Å². The van der Waals surface area contributed by atoms with E-state index in [-0.39, 0.29) is 30.2 Å². The third-order valence-corrected chi connectivity index (χ3v) is 3.06. The molecule has 6 heteroatoms. The Morgan fingerprint density at radius 3 is 2.95 bits per heavy atom. The van der Waals surface area contributed by atoms with Crippen molar-refractivity contribution in [2.75, 3.05) is 0 Å². The normalized spacial score (nSPS) is 21.3. The van der Waals surface area contributed by atoms with Gasteiger partial charge in [0, 0.05) is 0 Å². The number of hydrogen-bond acceptors (Lipinski definition) is 4. The Morgan fingerprint density at radius 1 is 1.47 bits per heavy atom. The predicted octanol–water partition coefficient (Wildman–Crippen LogP) is 0.327. The molecule has 0 unspecified atom stereocenters. The summed E-state index contributed by atoms with van der Waals surface area (Å²) in [6, 6.07) is 7.08. The molecule has 0 saturated carbocycles. The molecular formula is C13H13N3O3. The fourth-order valence-corrected chi connectivity index (χ4v) is 1.95. The second-order valence-corrected chi connectivity index (χ2v) is 4.51. The van der Waals surface area contributed by atoms with Crippen LogP contribution in [0.15, 0.2) is 29.1 Å². The molecule has 98 valence electrons. The number of hydrogen-bond donors (Lipinski definition) is 2. The highest BCUT2D eigenvalue weighted by Crippen LogP contribution is 2.20. The molecule has 19 heavy (non-hydrogen) atoms. The van der Waals surface area contributed by atoms with E-state index in [1.807, 2.05) is 13.0 Å². The van der Waals surface area contributed by atoms with Crippen molar-refractivity contribution in [3.63, 3.8) is 0 Å². The van der Waals surface area contributed by atoms with Crippen LogP contribution in [0.3, 0.4) is 0 Å². The van der Waals surface area contributed by atoms with Crippen molar-refractivity contribution in [2.45, 2.75) is 25.7 Å². The number of carbonyl (C=O) groups excluding carboxylic acids is 1. The van der Waals surface area contributed by atoms with Crippen molar-refractivity contribution < 1.29 is 9.53 Å². The molecule has 2 N–H and O–H groups in total. The predicted molar refractivity (Wildman–Crippen MR) is 68.5 cm³/mol. The first kappa shape index (κ1) is 11.9. The highest BCUT2D eigenvalue weighted by molar-refractivity contribution is 5.83. The minimum absolute atomic E-state index is 0.0244. The van der Waals surface area contributed by atoms with E-state index in [9.17, 15) is 9.59 Å². The molecule has 0 spiro atoms. The molecule has 1 aliphatic heterocycles. The van der Waals surface area contributed by atoms with E-state index >= 15 is 0 Å². The van der Waals surface area contributed by atoms with Gasteiger partial charge in [0.1, 0.15) is 5.82 Å². The number of amides is 1. The summed E-state index contributed by atoms with van der Waals surface area (Å²) in [5.41, 5.74) is 0.414. The Hall–Kier alpha value is -2.21. The Labute approximate surface area is 108 Å². The minimum atomic E-state index is -0.368. The lowest BCUT2D eigenvalue weighted by Gasteiger charge is -2.04. The van der Waals surface area contributed by atoms with Crippen molar-refractivity contribution in [2.24, 2.45) is 0 Å². The van der Waals surface area contributed by atoms with Crippen molar-refractivity contribution in [1.82, 2.24) is 15.3 Å². The maximum atomic E-state index is 11.8. The van der Waals surface area contributed by atoms with Gasteiger partial charge in [-0.3, -0.25) is 9.59 Å². The number of fused-ring (bicyclic) bond motifs is 1. The molecule has 0 aliphatic carbocycles. The van der Waals surface area contributed by atoms with Crippen molar-refractivity contribution in [1.29, 1.82) is 0 Å². The van der Waals surface area contributed by atoms with Crippen LogP contribution < -0.4 is 10.9 Å². The molecule has 0 radical (unpaired) electrons. The standard InChI is InChI=1S/C13H13N3O3/c1-7-11(19-7)13(18)14-6-10-15-9-5-3-2-4-8(9)12(17)16-10/h2-5,7,11H,6H2,1H3,(H,14,18)(H,15,16,17)/t7-,11+/m0/s1. The van der Waals surface area contributed by atoms with Gasteiger partial charge in [0.25, 0.3) is 11.5 Å². The van der Waals surface area contributed by atoms with E-state index in [1.165, 1.54) is 0 Å². The van der Waals surface area contributed by atoms with Gasteiger partial charge >= 0.3 is 0 Å². The number of para-hydroxylation sites is 1. The second-order valence-electron chi connectivity index (χ2n) is 4.51. The number of aromatic nitrogens is 2. The highest BCUT2D eigenvalue weighted by atomic mass is 16.6. The van der Waals surface area contributed by atoms with Crippen LogP contribution in [0.25, 0.3) is 10.9 Å². The molecule has 1 saturated heterocycles. The van der Waals surface area contributed by atoms with Crippen LogP contribution in [0, 0.1) is 0 Å². The first-order valence-electron chi connectivity index (χ1n) is 6.06. The zero-order valence-electron chi connectivity index (χ0n) is 10.3. The Balaban J connectivity index is 1.78. The molecule has 1 amide bonds. The lowest BCUT2D eigenvalue weighted by atomic mass is 10.2. The number of nitrogens with one attached hydrogen (secondary N) is 2. The van der Waals surface area contributed by atoms with Crippen LogP contribution in [-0.4, -0.2) is 28.1 Å². The van der Waals surface area contributed by atoms with Gasteiger partial charge in [-0.05, 0) is 19.1 Å². The van der Waals surface area contributed by atoms with Gasteiger partial charge < -0.3 is 15.0 Å². The summed E-state index contributed by atoms with van der Waals surface area (Å²) in [4.78, 5) is 30.3. The fraction of sp³-hybridized carbons (Fsp3) is 0.308. The molecule has 1 aliphatic rings. The third kappa shape index (κ3) is 2.34. The first-order chi connectivity index (χ1) is 9.15. The van der Waals surface area contributed by atoms with Crippen molar-refractivity contribution in [3.05, 3.63) is 40.4 Å². The number of carbonyl (C=O) groups is 1. The topological polar surface area (TPSA) is 87.4 Å². The van der Waals surface area contributed by atoms with Crippen molar-refractivity contribution in [3.8, 4) is 0 Å². The highest BCUT2D eigenvalue weighted by Gasteiger charge is 2.40. The summed E-state index contributed by atoms with van der Waals surface area (Å²) >= 11 is 0. The average Bonchev–Trinajstić information content (AvgIpc) is 3.13. The molecule has 1 aromatic heterocycles. The molecule has 1 aromatic carbocycles. The second kappa shape index (κ2) is 4.47. The zero-order chi connectivity index (χ0) is 13.4. The van der Waals surface area contributed by atoms with Gasteiger partial charge in [0.15, 0.2) is 6.10 Å². The number of epoxide rings is 1. The molecular weight excluding hydrogens is 246 g/mol. The van der Waals surface area contributed by atoms with E-state index in [2.05, 4.69) is 15.3 Å². The summed E-state index contributed by atoms with van der Waals surface area (Å²) in [7, 11) is 0. The Morgan fingerprint density at radius 2 is 2.21 bits per heavy atom. The largest absolute Gasteiger partial charge is 0.359 e. The lowest BCUT2D eigenvalue weighted by Crippen LogP contribution is -2.29. The molecule has 0 bridgehead atoms. The average molecular weight is 259 g/mol. The van der Waals surface area contributed by atoms with Gasteiger partial charge in [-0.1, -0.05) is 12.1 Å². The van der Waals surface area contributed by atoms with E-state index in [0.717, 1.165) is 0 Å². The number of H-pyrrole nitrogens is 1. The number of nitrogens with zero attached hydrogens (tertiary/aromatic N) is 1. The quantitative estimate of drug-likeness (QED) is 0.777. The summed E-state index contributed by atoms with van der Waals surface area (Å²) < 4.78 is 5.06. The van der Waals surface area contributed by atoms with Crippen LogP contribution in [0.2, 0.25) is 0 Å². The summed E-state index contributed by atoms with van der Waals surface area (Å²) in [5, 5.41) is 3.23. The van der Waals surface area contributed by atoms with Crippen LogP contribution in [0.4, 0.5) is 0 Å². The number of benzene rings is 1. The Bertz CT molecular complexity index is 695. The summed E-state index contributed by atoms with van der Waals surface area (Å²) in [5.74, 6) is 0.258. The van der Waals surface area contributed by atoms with E-state index in [0.29, 0.717) is 16.7 Å². The number of aromatic amines is 1. The van der Waals surface area contributed by atoms with Crippen LogP contribution in [0.5, 0.6) is 0 Å². The molecule has 6 nitrogen and oxygen atoms in total. The van der Waals surface area contributed by atoms with E-state index in [4.69, 9.17) is 4.74 Å². The molecule has 2 heterocycles. The van der Waals surface area contributed by atoms with Crippen molar-refractivity contribution >= 4 is 16.8 Å². The van der Waals surface area contributed by atoms with E-state index < -0.39 is 0 Å². The number of rotatable bonds is 3. The zero-order valence-corrected chi connectivity index (χ0v) is 10.3. The molecule has 2 aromatic rings. The van der Waals surface area contributed by atoms with Crippen LogP contribution >= 0.6 is 0 Å². The van der Waals surface area contributed by atoms with Gasteiger partial charge in [-0.25, -0.2) is 4.98 Å². The monoisotopic (exact) mass is 259 g/mol. The SMILES string of the molecule is C[C@@H]1O[C@H]1C(=O)NCc1nc2ccccc2c(=O)[nH]1. The fourth-order valence-electron chi connectivity index (χ4n) is 1.95. The molecule has 3 rings (SSSR count). The lowest BCUT2D eigenvalue weighted by molar-refractivity contribution is -0.122. The smallest absolute Gasteiger partial charge is 0.258 e. The maximum Gasteiger partial charge on any atom is 0.258 e. The minimum Gasteiger partial charge on any atom is -0.359 e. The third-order valence-electron chi connectivity index (χ3n) is 3.06. The van der Waals surface area contributed by atoms with E-state index in [1.54, 1.807) is 18.2 Å². The van der Waals surface area contributed by atoms with Gasteiger partial charge in [0.2, 0.25) is 0 Å². The Kier molecular flexibility index (Phi) is 2.79.